The van der Waals surface area contributed by atoms with Gasteiger partial charge in [0.25, 0.3) is 0 Å². The molecule has 3 aromatic rings. The molecular weight excluding hydrogens is 462 g/mol. The fraction of sp³-hybridized carbons (Fsp3) is 0.517. The van der Waals surface area contributed by atoms with Crippen LogP contribution in [0.5, 0.6) is 0 Å². The molecule has 1 fully saturated rings. The molecule has 1 aliphatic carbocycles. The molecule has 0 spiro atoms. The topological polar surface area (TPSA) is 93.4 Å². The number of dihydropyridines is 1. The van der Waals surface area contributed by atoms with E-state index in [9.17, 15) is 4.79 Å². The van der Waals surface area contributed by atoms with Crippen molar-refractivity contribution in [2.45, 2.75) is 84.2 Å². The standard InChI is InChI=1S/C29H39N7O/c1-5-6-11-23-19-35(25-13-8-12-24(25)28(2,3)4)27(37)36(23)20-29(14-16-30-17-15-29)22-10-7-9-21(18-22)26-31-33-34-32-26/h7,9-10,14-19,24-25,30H,5-6,8,11-13,20H2,1-4H3,(H,31,32,33,34). The second-order valence-electron chi connectivity index (χ2n) is 11.7. The Hall–Kier alpha value is -3.42. The van der Waals surface area contributed by atoms with Gasteiger partial charge in [-0.05, 0) is 66.3 Å². The summed E-state index contributed by atoms with van der Waals surface area (Å²) in [6.07, 6.45) is 16.9. The van der Waals surface area contributed by atoms with Crippen molar-refractivity contribution in [3.8, 4) is 11.4 Å². The van der Waals surface area contributed by atoms with Crippen LogP contribution in [-0.2, 0) is 18.4 Å². The summed E-state index contributed by atoms with van der Waals surface area (Å²) >= 11 is 0. The van der Waals surface area contributed by atoms with E-state index >= 15 is 0 Å². The molecule has 3 heterocycles. The monoisotopic (exact) mass is 501 g/mol. The van der Waals surface area contributed by atoms with Crippen LogP contribution in [0, 0.1) is 11.3 Å². The Morgan fingerprint density at radius 1 is 1.16 bits per heavy atom. The van der Waals surface area contributed by atoms with E-state index in [4.69, 9.17) is 0 Å². The normalized spacial score (nSPS) is 20.9. The van der Waals surface area contributed by atoms with Gasteiger partial charge in [0.05, 0.1) is 5.41 Å². The highest BCUT2D eigenvalue weighted by atomic mass is 16.1. The predicted molar refractivity (Wildman–Crippen MR) is 146 cm³/mol. The molecule has 2 aliphatic rings. The summed E-state index contributed by atoms with van der Waals surface area (Å²) in [7, 11) is 0. The number of nitrogens with zero attached hydrogens (tertiary/aromatic N) is 5. The number of allylic oxidation sites excluding steroid dienone is 2. The molecule has 2 N–H and O–H groups in total. The third-order valence-electron chi connectivity index (χ3n) is 8.20. The maximum Gasteiger partial charge on any atom is 0.328 e. The molecule has 37 heavy (non-hydrogen) atoms. The van der Waals surface area contributed by atoms with Gasteiger partial charge in [0.2, 0.25) is 5.82 Å². The van der Waals surface area contributed by atoms with E-state index in [1.165, 1.54) is 12.8 Å². The van der Waals surface area contributed by atoms with Crippen LogP contribution in [0.2, 0.25) is 0 Å². The molecule has 0 bridgehead atoms. The zero-order valence-corrected chi connectivity index (χ0v) is 22.4. The quantitative estimate of drug-likeness (QED) is 0.446. The molecule has 1 aliphatic heterocycles. The fourth-order valence-electron chi connectivity index (χ4n) is 6.18. The number of imidazole rings is 1. The van der Waals surface area contributed by atoms with Crippen molar-refractivity contribution in [2.24, 2.45) is 11.3 Å². The first-order valence-electron chi connectivity index (χ1n) is 13.6. The average Bonchev–Trinajstić information content (AvgIpc) is 3.65. The van der Waals surface area contributed by atoms with Crippen LogP contribution in [0.1, 0.15) is 77.1 Å². The first-order valence-corrected chi connectivity index (χ1v) is 13.6. The third kappa shape index (κ3) is 4.93. The Kier molecular flexibility index (Phi) is 6.92. The fourth-order valence-corrected chi connectivity index (χ4v) is 6.18. The molecule has 1 aromatic carbocycles. The minimum atomic E-state index is -0.485. The van der Waals surface area contributed by atoms with Gasteiger partial charge in [-0.25, -0.2) is 4.79 Å². The lowest BCUT2D eigenvalue weighted by atomic mass is 9.77. The van der Waals surface area contributed by atoms with Crippen LogP contribution in [0.3, 0.4) is 0 Å². The molecule has 2 atom stereocenters. The van der Waals surface area contributed by atoms with Gasteiger partial charge < -0.3 is 5.32 Å². The van der Waals surface area contributed by atoms with Crippen LogP contribution in [0.4, 0.5) is 0 Å². The highest BCUT2D eigenvalue weighted by Gasteiger charge is 2.39. The van der Waals surface area contributed by atoms with Crippen LogP contribution >= 0.6 is 0 Å². The number of aromatic nitrogens is 6. The maximum absolute atomic E-state index is 14.1. The minimum Gasteiger partial charge on any atom is -0.368 e. The van der Waals surface area contributed by atoms with E-state index in [1.807, 2.05) is 29.1 Å². The summed E-state index contributed by atoms with van der Waals surface area (Å²) < 4.78 is 4.11. The minimum absolute atomic E-state index is 0.112. The smallest absolute Gasteiger partial charge is 0.328 e. The van der Waals surface area contributed by atoms with Gasteiger partial charge >= 0.3 is 5.69 Å². The van der Waals surface area contributed by atoms with Crippen molar-refractivity contribution in [2.75, 3.05) is 0 Å². The second kappa shape index (κ2) is 10.1. The van der Waals surface area contributed by atoms with Crippen molar-refractivity contribution >= 4 is 0 Å². The maximum atomic E-state index is 14.1. The van der Waals surface area contributed by atoms with E-state index in [1.54, 1.807) is 0 Å². The van der Waals surface area contributed by atoms with Crippen LogP contribution in [0.15, 0.2) is 59.8 Å². The number of H-pyrrole nitrogens is 1. The summed E-state index contributed by atoms with van der Waals surface area (Å²) in [4.78, 5) is 14.1. The molecule has 5 rings (SSSR count). The predicted octanol–water partition coefficient (Wildman–Crippen LogP) is 5.13. The van der Waals surface area contributed by atoms with Gasteiger partial charge in [0.15, 0.2) is 0 Å². The zero-order valence-electron chi connectivity index (χ0n) is 22.4. The number of hydrogen-bond donors (Lipinski definition) is 2. The largest absolute Gasteiger partial charge is 0.368 e. The molecule has 1 saturated carbocycles. The zero-order chi connectivity index (χ0) is 26.0. The molecule has 8 heteroatoms. The van der Waals surface area contributed by atoms with Gasteiger partial charge in [-0.1, -0.05) is 70.9 Å². The SMILES string of the molecule is CCCCc1cn(C2CCCC2C(C)(C)C)c(=O)n1CC1(c2cccc(-c3nn[nH]n3)c2)C=CNC=C1. The number of hydrogen-bond acceptors (Lipinski definition) is 5. The number of unbranched alkanes of at least 4 members (excludes halogenated alkanes) is 1. The summed E-state index contributed by atoms with van der Waals surface area (Å²) in [6, 6.07) is 8.48. The molecule has 2 aromatic heterocycles. The van der Waals surface area contributed by atoms with E-state index in [0.29, 0.717) is 18.3 Å². The van der Waals surface area contributed by atoms with Crippen molar-refractivity contribution < 1.29 is 0 Å². The summed E-state index contributed by atoms with van der Waals surface area (Å²) in [5.74, 6) is 1.06. The number of aromatic amines is 1. The highest BCUT2D eigenvalue weighted by Crippen LogP contribution is 2.46. The summed E-state index contributed by atoms with van der Waals surface area (Å²) in [5.41, 5.74) is 2.89. The van der Waals surface area contributed by atoms with E-state index in [0.717, 1.165) is 42.5 Å². The van der Waals surface area contributed by atoms with Crippen molar-refractivity contribution in [3.05, 3.63) is 76.8 Å². The number of nitrogens with one attached hydrogen (secondary N) is 2. The average molecular weight is 502 g/mol. The van der Waals surface area contributed by atoms with Crippen LogP contribution < -0.4 is 11.0 Å². The molecular formula is C29H39N7O. The molecule has 2 unspecified atom stereocenters. The van der Waals surface area contributed by atoms with Crippen molar-refractivity contribution in [1.82, 2.24) is 35.1 Å². The molecule has 8 nitrogen and oxygen atoms in total. The number of aryl methyl sites for hydroxylation is 1. The Labute approximate surface area is 218 Å². The summed E-state index contributed by atoms with van der Waals surface area (Å²) in [5, 5.41) is 17.8. The highest BCUT2D eigenvalue weighted by molar-refractivity contribution is 5.57. The first kappa shape index (κ1) is 25.2. The Morgan fingerprint density at radius 3 is 2.68 bits per heavy atom. The van der Waals surface area contributed by atoms with Crippen molar-refractivity contribution in [1.29, 1.82) is 0 Å². The van der Waals surface area contributed by atoms with Gasteiger partial charge in [-0.15, -0.1) is 10.2 Å². The molecule has 0 radical (unpaired) electrons. The van der Waals surface area contributed by atoms with Gasteiger partial charge in [-0.3, -0.25) is 9.13 Å². The van der Waals surface area contributed by atoms with E-state index in [2.05, 4.69) is 88.7 Å². The third-order valence-corrected chi connectivity index (χ3v) is 8.20. The lowest BCUT2D eigenvalue weighted by Gasteiger charge is -2.33. The Balaban J connectivity index is 1.58. The van der Waals surface area contributed by atoms with E-state index in [-0.39, 0.29) is 17.1 Å². The second-order valence-corrected chi connectivity index (χ2v) is 11.7. The van der Waals surface area contributed by atoms with Crippen LogP contribution in [-0.4, -0.2) is 29.8 Å². The Bertz CT molecular complexity index is 1310. The molecule has 0 saturated heterocycles. The van der Waals surface area contributed by atoms with E-state index < -0.39 is 5.41 Å². The van der Waals surface area contributed by atoms with Gasteiger partial charge in [0.1, 0.15) is 0 Å². The number of benzene rings is 1. The summed E-state index contributed by atoms with van der Waals surface area (Å²) in [6.45, 7) is 9.68. The molecule has 196 valence electrons. The number of rotatable bonds is 8. The van der Waals surface area contributed by atoms with Crippen molar-refractivity contribution in [3.63, 3.8) is 0 Å². The van der Waals surface area contributed by atoms with Gasteiger partial charge in [0, 0.05) is 30.0 Å². The first-order chi connectivity index (χ1) is 17.8. The lowest BCUT2D eigenvalue weighted by molar-refractivity contribution is 0.185. The molecule has 0 amide bonds. The number of tetrazole rings is 1. The van der Waals surface area contributed by atoms with Gasteiger partial charge in [-0.2, -0.15) is 5.21 Å². The van der Waals surface area contributed by atoms with Crippen LogP contribution in [0.25, 0.3) is 11.4 Å². The lowest BCUT2D eigenvalue weighted by Crippen LogP contribution is -2.38. The Morgan fingerprint density at radius 2 is 1.97 bits per heavy atom.